The number of carbonyl (C=O) groups is 1. The van der Waals surface area contributed by atoms with Gasteiger partial charge in [-0.2, -0.15) is 0 Å². The second-order valence-electron chi connectivity index (χ2n) is 11.2. The Balaban J connectivity index is 1.34. The highest BCUT2D eigenvalue weighted by atomic mass is 35.5. The van der Waals surface area contributed by atoms with Crippen LogP contribution in [0.2, 0.25) is 5.02 Å². The molecule has 4 aromatic heterocycles. The summed E-state index contributed by atoms with van der Waals surface area (Å²) in [4.78, 5) is 54.5. The van der Waals surface area contributed by atoms with E-state index in [2.05, 4.69) is 9.73 Å². The van der Waals surface area contributed by atoms with Crippen LogP contribution in [-0.2, 0) is 14.1 Å². The van der Waals surface area contributed by atoms with E-state index in [1.807, 2.05) is 36.4 Å². The van der Waals surface area contributed by atoms with Gasteiger partial charge in [-0.3, -0.25) is 13.9 Å². The molecule has 258 valence electrons. The van der Waals surface area contributed by atoms with E-state index in [1.165, 1.54) is 43.1 Å². The van der Waals surface area contributed by atoms with Crippen molar-refractivity contribution in [2.45, 2.75) is 13.3 Å². The number of furan rings is 1. The highest BCUT2D eigenvalue weighted by Crippen LogP contribution is 2.34. The molecule has 0 saturated carbocycles. The Morgan fingerprint density at radius 2 is 1.78 bits per heavy atom. The van der Waals surface area contributed by atoms with Crippen LogP contribution in [-0.4, -0.2) is 31.2 Å². The van der Waals surface area contributed by atoms with Crippen LogP contribution in [0.5, 0.6) is 5.75 Å². The monoisotopic (exact) mass is 733 g/mol. The summed E-state index contributed by atoms with van der Waals surface area (Å²) in [5.74, 6) is -1.05. The number of nitrogens with zero attached hydrogens (tertiary/aromatic N) is 5. The average molecular weight is 734 g/mol. The molecule has 0 atom stereocenters. The highest BCUT2D eigenvalue weighted by Gasteiger charge is 2.32. The smallest absolute Gasteiger partial charge is 0.444 e. The first kappa shape index (κ1) is 33.6. The van der Waals surface area contributed by atoms with Crippen LogP contribution in [0.4, 0.5) is 13.2 Å². The van der Waals surface area contributed by atoms with Gasteiger partial charge < -0.3 is 14.0 Å². The van der Waals surface area contributed by atoms with Crippen LogP contribution in [0.25, 0.3) is 50.2 Å². The van der Waals surface area contributed by atoms with E-state index in [1.54, 1.807) is 24.4 Å². The van der Waals surface area contributed by atoms with Crippen molar-refractivity contribution >= 4 is 67.9 Å². The second kappa shape index (κ2) is 12.8. The molecule has 0 aliphatic carbocycles. The molecule has 3 aromatic carbocycles. The number of pyridine rings is 1. The maximum absolute atomic E-state index is 13.9. The Bertz CT molecular complexity index is 2780. The number of hydrogen-bond acceptors (Lipinski definition) is 9. The normalized spacial score (nSPS) is 12.5. The summed E-state index contributed by atoms with van der Waals surface area (Å²) in [5.41, 5.74) is 1.09. The van der Waals surface area contributed by atoms with Crippen molar-refractivity contribution in [2.24, 2.45) is 19.1 Å². The summed E-state index contributed by atoms with van der Waals surface area (Å²) in [6, 6.07) is 18.0. The number of halogens is 4. The zero-order chi connectivity index (χ0) is 36.2. The number of alkyl halides is 3. The quantitative estimate of drug-likeness (QED) is 0.173. The summed E-state index contributed by atoms with van der Waals surface area (Å²) >= 11 is 7.22. The Kier molecular flexibility index (Phi) is 8.39. The molecule has 0 spiro atoms. The van der Waals surface area contributed by atoms with E-state index in [9.17, 15) is 27.6 Å². The molecular formula is C35H23ClF3N5O6S. The summed E-state index contributed by atoms with van der Waals surface area (Å²) in [6.45, 7) is 1.63. The Labute approximate surface area is 293 Å². The molecule has 0 N–H and O–H groups in total. The van der Waals surface area contributed by atoms with Gasteiger partial charge in [0.15, 0.2) is 0 Å². The highest BCUT2D eigenvalue weighted by molar-refractivity contribution is 7.07. The Morgan fingerprint density at radius 1 is 1.02 bits per heavy atom. The number of thiazole rings is 1. The Morgan fingerprint density at radius 3 is 2.55 bits per heavy atom. The lowest BCUT2D eigenvalue weighted by molar-refractivity contribution is -0.274. The number of para-hydroxylation sites is 2. The average Bonchev–Trinajstić information content (AvgIpc) is 3.65. The van der Waals surface area contributed by atoms with E-state index in [0.717, 1.165) is 32.1 Å². The standard InChI is InChI=1S/C35H23ClF3N5O6S/c1-18-22(28-30(45)42(2)34(47)43(3)31(28)48-18)13-14-40-33-44(26(17-51-33)20-11-12-27(24(36)16-20)49-35(37,38)39)50-32(46)23-9-6-8-21-15-19-7-4-5-10-25(19)41-29(21)23/h4-17H,1-3H3. The molecule has 0 aliphatic rings. The molecule has 4 heterocycles. The summed E-state index contributed by atoms with van der Waals surface area (Å²) in [5, 5.41) is 2.99. The van der Waals surface area contributed by atoms with Crippen LogP contribution in [0.3, 0.4) is 0 Å². The van der Waals surface area contributed by atoms with Crippen LogP contribution in [0.1, 0.15) is 21.7 Å². The molecule has 0 aliphatic heterocycles. The van der Waals surface area contributed by atoms with Crippen LogP contribution < -0.4 is 25.6 Å². The number of ether oxygens (including phenoxy) is 1. The molecule has 7 rings (SSSR count). The third-order valence-corrected chi connectivity index (χ3v) is 9.12. The lowest BCUT2D eigenvalue weighted by Crippen LogP contribution is -2.36. The van der Waals surface area contributed by atoms with Crippen molar-refractivity contribution in [3.63, 3.8) is 0 Å². The lowest BCUT2D eigenvalue weighted by atomic mass is 10.1. The maximum Gasteiger partial charge on any atom is 0.573 e. The van der Waals surface area contributed by atoms with Crippen LogP contribution in [0, 0.1) is 6.92 Å². The van der Waals surface area contributed by atoms with Gasteiger partial charge in [0.05, 0.1) is 21.6 Å². The number of carbonyl (C=O) groups excluding carboxylic acids is 1. The fourth-order valence-corrected chi connectivity index (χ4v) is 6.58. The maximum atomic E-state index is 13.9. The topological polar surface area (TPSA) is 123 Å². The molecule has 51 heavy (non-hydrogen) atoms. The molecule has 0 amide bonds. The molecule has 0 fully saturated rings. The second-order valence-corrected chi connectivity index (χ2v) is 12.5. The largest absolute Gasteiger partial charge is 0.573 e. The predicted octanol–water partition coefficient (Wildman–Crippen LogP) is 6.76. The first-order chi connectivity index (χ1) is 24.3. The molecule has 0 bridgehead atoms. The number of fused-ring (bicyclic) bond motifs is 3. The zero-order valence-corrected chi connectivity index (χ0v) is 28.3. The minimum absolute atomic E-state index is 0.0916. The van der Waals surface area contributed by atoms with E-state index in [-0.39, 0.29) is 37.7 Å². The van der Waals surface area contributed by atoms with Gasteiger partial charge in [0, 0.05) is 47.6 Å². The summed E-state index contributed by atoms with van der Waals surface area (Å²) in [7, 11) is 2.84. The zero-order valence-electron chi connectivity index (χ0n) is 26.7. The van der Waals surface area contributed by atoms with Crippen molar-refractivity contribution in [1.29, 1.82) is 0 Å². The van der Waals surface area contributed by atoms with Crippen molar-refractivity contribution < 1.29 is 32.0 Å². The van der Waals surface area contributed by atoms with E-state index >= 15 is 0 Å². The first-order valence-electron chi connectivity index (χ1n) is 15.0. The molecule has 11 nitrogen and oxygen atoms in total. The number of aryl methyl sites for hydroxylation is 2. The Hall–Kier alpha value is -5.93. The fraction of sp³-hybridized carbons (Fsp3) is 0.114. The van der Waals surface area contributed by atoms with Crippen LogP contribution >= 0.6 is 22.9 Å². The van der Waals surface area contributed by atoms with Gasteiger partial charge in [0.2, 0.25) is 10.5 Å². The van der Waals surface area contributed by atoms with E-state index in [4.69, 9.17) is 25.8 Å². The van der Waals surface area contributed by atoms with Crippen molar-refractivity contribution in [2.75, 3.05) is 0 Å². The van der Waals surface area contributed by atoms with Gasteiger partial charge in [-0.15, -0.1) is 29.2 Å². The van der Waals surface area contributed by atoms with E-state index in [0.29, 0.717) is 27.7 Å². The molecule has 16 heteroatoms. The number of hydrogen-bond donors (Lipinski definition) is 0. The lowest BCUT2D eigenvalue weighted by Gasteiger charge is -2.13. The van der Waals surface area contributed by atoms with Crippen molar-refractivity contribution in [1.82, 2.24) is 18.8 Å². The van der Waals surface area contributed by atoms with Gasteiger partial charge >= 0.3 is 18.0 Å². The third-order valence-electron chi connectivity index (χ3n) is 8.00. The molecular weight excluding hydrogens is 711 g/mol. The van der Waals surface area contributed by atoms with Crippen molar-refractivity contribution in [3.05, 3.63) is 126 Å². The van der Waals surface area contributed by atoms with Gasteiger partial charge in [0.1, 0.15) is 22.6 Å². The van der Waals surface area contributed by atoms with Gasteiger partial charge in [-0.25, -0.2) is 19.6 Å². The van der Waals surface area contributed by atoms with Gasteiger partial charge in [-0.1, -0.05) is 41.9 Å². The van der Waals surface area contributed by atoms with E-state index < -0.39 is 29.3 Å². The molecule has 0 unspecified atom stereocenters. The third kappa shape index (κ3) is 6.21. The predicted molar refractivity (Wildman–Crippen MR) is 186 cm³/mol. The summed E-state index contributed by atoms with van der Waals surface area (Å²) < 4.78 is 51.8. The number of rotatable bonds is 6. The fourth-order valence-electron chi connectivity index (χ4n) is 5.56. The molecule has 0 radical (unpaired) electrons. The first-order valence-corrected chi connectivity index (χ1v) is 16.2. The number of benzene rings is 3. The molecule has 7 aromatic rings. The van der Waals surface area contributed by atoms with Gasteiger partial charge in [0.25, 0.3) is 5.56 Å². The minimum Gasteiger partial charge on any atom is -0.444 e. The minimum atomic E-state index is -4.96. The SMILES string of the molecule is Cc1oc2c(c1C=CN=c1scc(-c3ccc(OC(F)(F)F)c(Cl)c3)n1OC(=O)c1cccc3cc4ccccc4nc13)c(=O)n(C)c(=O)n2C. The molecule has 0 saturated heterocycles. The van der Waals surface area contributed by atoms with Gasteiger partial charge in [-0.05, 0) is 49.4 Å². The summed E-state index contributed by atoms with van der Waals surface area (Å²) in [6.07, 6.45) is -2.09. The number of aromatic nitrogens is 4. The van der Waals surface area contributed by atoms with Crippen molar-refractivity contribution in [3.8, 4) is 17.0 Å². The van der Waals surface area contributed by atoms with Crippen LogP contribution in [0.15, 0.2) is 97.3 Å².